The number of carbonyl (C=O) groups is 1. The molecule has 2 amide bonds. The number of ether oxygens (including phenoxy) is 2. The monoisotopic (exact) mass is 292 g/mol. The van der Waals surface area contributed by atoms with Crippen LogP contribution in [0.15, 0.2) is 18.2 Å². The van der Waals surface area contributed by atoms with Gasteiger partial charge in [0.25, 0.3) is 0 Å². The summed E-state index contributed by atoms with van der Waals surface area (Å²) < 4.78 is 11.2. The maximum Gasteiger partial charge on any atom is 0.320 e. The molecular weight excluding hydrogens is 268 g/mol. The third-order valence-electron chi connectivity index (χ3n) is 3.49. The Morgan fingerprint density at radius 2 is 2.00 bits per heavy atom. The van der Waals surface area contributed by atoms with E-state index in [0.717, 1.165) is 11.3 Å². The summed E-state index contributed by atoms with van der Waals surface area (Å²) in [6, 6.07) is 5.87. The lowest BCUT2D eigenvalue weighted by Crippen LogP contribution is -2.52. The van der Waals surface area contributed by atoms with Gasteiger partial charge in [-0.3, -0.25) is 0 Å². The molecule has 2 rings (SSSR count). The van der Waals surface area contributed by atoms with E-state index in [1.54, 1.807) is 4.90 Å². The van der Waals surface area contributed by atoms with Crippen LogP contribution in [0.5, 0.6) is 5.75 Å². The highest BCUT2D eigenvalue weighted by Crippen LogP contribution is 2.18. The largest absolute Gasteiger partial charge is 0.473 e. The van der Waals surface area contributed by atoms with Crippen molar-refractivity contribution in [1.82, 2.24) is 10.2 Å². The highest BCUT2D eigenvalue weighted by Gasteiger charge is 2.25. The summed E-state index contributed by atoms with van der Waals surface area (Å²) >= 11 is 0. The molecule has 0 saturated carbocycles. The molecule has 0 radical (unpaired) electrons. The number of aryl methyl sites for hydroxylation is 2. The predicted octanol–water partition coefficient (Wildman–Crippen LogP) is 2.46. The highest BCUT2D eigenvalue weighted by atomic mass is 16.5. The minimum Gasteiger partial charge on any atom is -0.473 e. The maximum absolute atomic E-state index is 12.1. The number of benzene rings is 1. The molecule has 1 aromatic rings. The smallest absolute Gasteiger partial charge is 0.320 e. The number of amides is 2. The van der Waals surface area contributed by atoms with Gasteiger partial charge < -0.3 is 19.7 Å². The first-order chi connectivity index (χ1) is 9.95. The molecule has 1 heterocycles. The molecule has 1 fully saturated rings. The molecule has 116 valence electrons. The van der Waals surface area contributed by atoms with Crippen molar-refractivity contribution in [3.8, 4) is 5.75 Å². The first-order valence-electron chi connectivity index (χ1n) is 7.34. The molecule has 5 heteroatoms. The van der Waals surface area contributed by atoms with E-state index in [-0.39, 0.29) is 25.0 Å². The fourth-order valence-corrected chi connectivity index (χ4v) is 2.59. The van der Waals surface area contributed by atoms with E-state index in [0.29, 0.717) is 13.1 Å². The van der Waals surface area contributed by atoms with E-state index in [9.17, 15) is 4.79 Å². The van der Waals surface area contributed by atoms with E-state index >= 15 is 0 Å². The Balaban J connectivity index is 1.81. The topological polar surface area (TPSA) is 50.8 Å². The third-order valence-corrected chi connectivity index (χ3v) is 3.49. The van der Waals surface area contributed by atoms with Crippen LogP contribution >= 0.6 is 0 Å². The Morgan fingerprint density at radius 1 is 1.33 bits per heavy atom. The maximum atomic E-state index is 12.1. The minimum absolute atomic E-state index is 0.0692. The van der Waals surface area contributed by atoms with Crippen molar-refractivity contribution in [3.63, 3.8) is 0 Å². The van der Waals surface area contributed by atoms with Crippen LogP contribution in [-0.4, -0.2) is 43.0 Å². The van der Waals surface area contributed by atoms with Crippen molar-refractivity contribution in [1.29, 1.82) is 0 Å². The van der Waals surface area contributed by atoms with Gasteiger partial charge in [0, 0.05) is 13.1 Å². The summed E-state index contributed by atoms with van der Waals surface area (Å²) in [6.45, 7) is 9.38. The van der Waals surface area contributed by atoms with Crippen molar-refractivity contribution < 1.29 is 14.3 Å². The Morgan fingerprint density at radius 3 is 2.62 bits per heavy atom. The van der Waals surface area contributed by atoms with Gasteiger partial charge in [0.1, 0.15) is 5.75 Å². The molecule has 0 aliphatic carbocycles. The second-order valence-electron chi connectivity index (χ2n) is 5.70. The summed E-state index contributed by atoms with van der Waals surface area (Å²) in [6.07, 6.45) is 0.138. The van der Waals surface area contributed by atoms with Gasteiger partial charge in [0.15, 0.2) is 6.73 Å². The van der Waals surface area contributed by atoms with Gasteiger partial charge in [-0.15, -0.1) is 0 Å². The molecule has 21 heavy (non-hydrogen) atoms. The van der Waals surface area contributed by atoms with Crippen LogP contribution in [0.25, 0.3) is 0 Å². The summed E-state index contributed by atoms with van der Waals surface area (Å²) in [5, 5.41) is 2.79. The quantitative estimate of drug-likeness (QED) is 0.871. The molecule has 0 aromatic heterocycles. The number of hydrogen-bond donors (Lipinski definition) is 1. The standard InChI is InChI=1S/C16H24N2O3/c1-11-5-6-15(12(2)7-11)20-10-17-16(19)18-8-13(3)21-14(4)9-18/h5-7,13-14H,8-10H2,1-4H3,(H,17,19). The number of nitrogens with one attached hydrogen (secondary N) is 1. The molecule has 1 saturated heterocycles. The number of urea groups is 1. The van der Waals surface area contributed by atoms with Gasteiger partial charge in [-0.2, -0.15) is 0 Å². The van der Waals surface area contributed by atoms with Crippen LogP contribution in [0.4, 0.5) is 4.79 Å². The van der Waals surface area contributed by atoms with Crippen LogP contribution in [0.1, 0.15) is 25.0 Å². The Hall–Kier alpha value is -1.75. The van der Waals surface area contributed by atoms with E-state index in [1.165, 1.54) is 5.56 Å². The highest BCUT2D eigenvalue weighted by molar-refractivity contribution is 5.74. The summed E-state index contributed by atoms with van der Waals surface area (Å²) in [5.74, 6) is 0.796. The van der Waals surface area contributed by atoms with Crippen LogP contribution in [-0.2, 0) is 4.74 Å². The zero-order valence-electron chi connectivity index (χ0n) is 13.2. The fraction of sp³-hybridized carbons (Fsp3) is 0.562. The number of rotatable bonds is 3. The summed E-state index contributed by atoms with van der Waals surface area (Å²) in [7, 11) is 0. The lowest BCUT2D eigenvalue weighted by Gasteiger charge is -2.35. The molecule has 0 bridgehead atoms. The van der Waals surface area contributed by atoms with Crippen molar-refractivity contribution in [2.24, 2.45) is 0 Å². The first kappa shape index (κ1) is 15.6. The van der Waals surface area contributed by atoms with Crippen molar-refractivity contribution in [2.45, 2.75) is 39.9 Å². The SMILES string of the molecule is Cc1ccc(OCNC(=O)N2CC(C)OC(C)C2)c(C)c1. The lowest BCUT2D eigenvalue weighted by molar-refractivity contribution is -0.0548. The first-order valence-corrected chi connectivity index (χ1v) is 7.34. The number of morpholine rings is 1. The van der Waals surface area contributed by atoms with Gasteiger partial charge in [0.2, 0.25) is 0 Å². The zero-order chi connectivity index (χ0) is 15.4. The predicted molar refractivity (Wildman–Crippen MR) is 81.5 cm³/mol. The van der Waals surface area contributed by atoms with Gasteiger partial charge in [-0.1, -0.05) is 17.7 Å². The third kappa shape index (κ3) is 4.36. The van der Waals surface area contributed by atoms with E-state index in [1.807, 2.05) is 39.8 Å². The number of carbonyl (C=O) groups excluding carboxylic acids is 1. The Labute approximate surface area is 126 Å². The summed E-state index contributed by atoms with van der Waals surface area (Å²) in [4.78, 5) is 13.9. The second-order valence-corrected chi connectivity index (χ2v) is 5.70. The molecule has 2 atom stereocenters. The minimum atomic E-state index is -0.109. The second kappa shape index (κ2) is 6.80. The fourth-order valence-electron chi connectivity index (χ4n) is 2.59. The summed E-state index contributed by atoms with van der Waals surface area (Å²) in [5.41, 5.74) is 2.26. The molecule has 2 unspecified atom stereocenters. The molecule has 1 aliphatic heterocycles. The van der Waals surface area contributed by atoms with Crippen LogP contribution in [0.3, 0.4) is 0 Å². The molecular formula is C16H24N2O3. The van der Waals surface area contributed by atoms with Gasteiger partial charge in [0.05, 0.1) is 12.2 Å². The van der Waals surface area contributed by atoms with Crippen molar-refractivity contribution >= 4 is 6.03 Å². The van der Waals surface area contributed by atoms with E-state index in [2.05, 4.69) is 11.4 Å². The number of hydrogen-bond acceptors (Lipinski definition) is 3. The van der Waals surface area contributed by atoms with Crippen molar-refractivity contribution in [2.75, 3.05) is 19.8 Å². The molecule has 5 nitrogen and oxygen atoms in total. The van der Waals surface area contributed by atoms with Gasteiger partial charge in [-0.05, 0) is 39.3 Å². The van der Waals surface area contributed by atoms with Crippen LogP contribution in [0.2, 0.25) is 0 Å². The average Bonchev–Trinajstić information content (AvgIpc) is 2.40. The zero-order valence-corrected chi connectivity index (χ0v) is 13.2. The lowest BCUT2D eigenvalue weighted by atomic mass is 10.1. The Kier molecular flexibility index (Phi) is 5.07. The van der Waals surface area contributed by atoms with Crippen LogP contribution in [0, 0.1) is 13.8 Å². The average molecular weight is 292 g/mol. The molecule has 1 aromatic carbocycles. The normalized spacial score (nSPS) is 22.0. The molecule has 1 N–H and O–H groups in total. The van der Waals surface area contributed by atoms with Gasteiger partial charge >= 0.3 is 6.03 Å². The van der Waals surface area contributed by atoms with Crippen LogP contribution < -0.4 is 10.1 Å². The van der Waals surface area contributed by atoms with Gasteiger partial charge in [-0.25, -0.2) is 4.79 Å². The van der Waals surface area contributed by atoms with E-state index in [4.69, 9.17) is 9.47 Å². The van der Waals surface area contributed by atoms with Crippen molar-refractivity contribution in [3.05, 3.63) is 29.3 Å². The molecule has 1 aliphatic rings. The molecule has 0 spiro atoms. The van der Waals surface area contributed by atoms with E-state index < -0.39 is 0 Å². The number of nitrogens with zero attached hydrogens (tertiary/aromatic N) is 1. The Bertz CT molecular complexity index is 494.